The van der Waals surface area contributed by atoms with E-state index >= 15 is 0 Å². The third-order valence-corrected chi connectivity index (χ3v) is 6.68. The number of nitrogens with zero attached hydrogens (tertiary/aromatic N) is 4. The summed E-state index contributed by atoms with van der Waals surface area (Å²) in [7, 11) is 1.56. The molecule has 1 aromatic carbocycles. The van der Waals surface area contributed by atoms with Gasteiger partial charge in [0, 0.05) is 26.3 Å². The highest BCUT2D eigenvalue weighted by Gasteiger charge is 2.39. The van der Waals surface area contributed by atoms with Gasteiger partial charge in [-0.25, -0.2) is 4.39 Å². The summed E-state index contributed by atoms with van der Waals surface area (Å²) in [5.41, 5.74) is 0.311. The minimum absolute atomic E-state index is 0.0446. The monoisotopic (exact) mass is 458 g/mol. The van der Waals surface area contributed by atoms with E-state index in [9.17, 15) is 19.1 Å². The Kier molecular flexibility index (Phi) is 6.07. The van der Waals surface area contributed by atoms with Crippen molar-refractivity contribution in [3.8, 4) is 16.3 Å². The first kappa shape index (κ1) is 22.1. The number of halogens is 1. The number of carbonyl (C=O) groups excluding carboxylic acids is 1. The number of likely N-dealkylation sites (N-methyl/N-ethyl adjacent to an activating group) is 1. The number of amides is 1. The summed E-state index contributed by atoms with van der Waals surface area (Å²) >= 11 is 1.21. The maximum absolute atomic E-state index is 13.1. The maximum Gasteiger partial charge on any atom is 0.274 e. The average molecular weight is 459 g/mol. The Morgan fingerprint density at radius 2 is 1.94 bits per heavy atom. The molecular formula is C22H23FN4O4S. The average Bonchev–Trinajstić information content (AvgIpc) is 3.23. The second-order valence-electron chi connectivity index (χ2n) is 7.64. The molecule has 1 aliphatic heterocycles. The van der Waals surface area contributed by atoms with E-state index in [0.717, 1.165) is 5.56 Å². The molecule has 1 aliphatic rings. The van der Waals surface area contributed by atoms with Crippen LogP contribution in [0, 0.1) is 5.82 Å². The lowest BCUT2D eigenvalue weighted by molar-refractivity contribution is 0.0420. The minimum atomic E-state index is -0.671. The molecule has 3 aromatic rings. The van der Waals surface area contributed by atoms with Crippen molar-refractivity contribution in [2.45, 2.75) is 32.4 Å². The van der Waals surface area contributed by atoms with Gasteiger partial charge in [-0.1, -0.05) is 23.5 Å². The highest BCUT2D eigenvalue weighted by Crippen LogP contribution is 2.33. The predicted octanol–water partition coefficient (Wildman–Crippen LogP) is 2.85. The molecule has 8 nitrogen and oxygen atoms in total. The standard InChI is InChI=1S/C22H23FN4O4S/c1-4-26-12(2)16(11-31-3)27-10-15(19(28)20(29)18(27)22(26)30)21-25-24-17(32-21)9-13-5-7-14(23)8-6-13/h5-8,10,12,16,29H,4,9,11H2,1-3H3/t12-,16-/m1/s1. The SMILES string of the molecule is CCN1C(=O)c2c(O)c(=O)c(-c3nnc(Cc4ccc(F)cc4)s3)cn2[C@H](COC)[C@H]1C. The fourth-order valence-corrected chi connectivity index (χ4v) is 4.92. The molecule has 1 amide bonds. The highest BCUT2D eigenvalue weighted by molar-refractivity contribution is 7.14. The van der Waals surface area contributed by atoms with Crippen LogP contribution in [0.25, 0.3) is 10.6 Å². The Morgan fingerprint density at radius 1 is 1.22 bits per heavy atom. The fourth-order valence-electron chi connectivity index (χ4n) is 4.04. The second kappa shape index (κ2) is 8.79. The van der Waals surface area contributed by atoms with Gasteiger partial charge < -0.3 is 19.3 Å². The van der Waals surface area contributed by atoms with E-state index in [-0.39, 0.29) is 29.2 Å². The summed E-state index contributed by atoms with van der Waals surface area (Å²) in [6, 6.07) is 5.59. The van der Waals surface area contributed by atoms with Crippen molar-refractivity contribution in [3.05, 3.63) is 62.8 Å². The first-order valence-corrected chi connectivity index (χ1v) is 11.0. The summed E-state index contributed by atoms with van der Waals surface area (Å²) in [6.07, 6.45) is 1.99. The molecule has 10 heteroatoms. The number of hydrogen-bond acceptors (Lipinski definition) is 7. The van der Waals surface area contributed by atoms with Gasteiger partial charge in [0.15, 0.2) is 16.5 Å². The molecule has 0 saturated carbocycles. The molecule has 2 aromatic heterocycles. The largest absolute Gasteiger partial charge is 0.503 e. The summed E-state index contributed by atoms with van der Waals surface area (Å²) < 4.78 is 20.1. The second-order valence-corrected chi connectivity index (χ2v) is 8.70. The van der Waals surface area contributed by atoms with Crippen molar-refractivity contribution in [3.63, 3.8) is 0 Å². The number of benzene rings is 1. The Bertz CT molecular complexity index is 1210. The van der Waals surface area contributed by atoms with Crippen LogP contribution >= 0.6 is 11.3 Å². The first-order valence-electron chi connectivity index (χ1n) is 10.2. The molecule has 0 radical (unpaired) electrons. The molecule has 0 aliphatic carbocycles. The lowest BCUT2D eigenvalue weighted by Gasteiger charge is -2.41. The number of fused-ring (bicyclic) bond motifs is 1. The van der Waals surface area contributed by atoms with Gasteiger partial charge in [-0.05, 0) is 31.5 Å². The molecule has 2 atom stereocenters. The lowest BCUT2D eigenvalue weighted by Crippen LogP contribution is -2.51. The van der Waals surface area contributed by atoms with Crippen molar-refractivity contribution >= 4 is 17.2 Å². The van der Waals surface area contributed by atoms with Gasteiger partial charge in [-0.15, -0.1) is 10.2 Å². The van der Waals surface area contributed by atoms with E-state index in [0.29, 0.717) is 29.6 Å². The van der Waals surface area contributed by atoms with Gasteiger partial charge in [0.05, 0.1) is 24.3 Å². The molecule has 168 valence electrons. The molecule has 0 unspecified atom stereocenters. The van der Waals surface area contributed by atoms with Gasteiger partial charge in [0.1, 0.15) is 10.8 Å². The third-order valence-electron chi connectivity index (χ3n) is 5.72. The third kappa shape index (κ3) is 3.80. The van der Waals surface area contributed by atoms with Crippen LogP contribution in [-0.4, -0.2) is 57.0 Å². The Morgan fingerprint density at radius 3 is 2.59 bits per heavy atom. The molecular weight excluding hydrogens is 435 g/mol. The molecule has 4 rings (SSSR count). The van der Waals surface area contributed by atoms with Crippen LogP contribution < -0.4 is 5.43 Å². The number of methoxy groups -OCH3 is 1. The molecule has 0 spiro atoms. The number of aromatic hydroxyl groups is 1. The fraction of sp³-hybridized carbons (Fsp3) is 0.364. The Balaban J connectivity index is 1.76. The maximum atomic E-state index is 13.1. The van der Waals surface area contributed by atoms with E-state index in [4.69, 9.17) is 4.74 Å². The van der Waals surface area contributed by atoms with E-state index in [1.807, 2.05) is 13.8 Å². The van der Waals surface area contributed by atoms with E-state index < -0.39 is 17.1 Å². The number of rotatable bonds is 6. The van der Waals surface area contributed by atoms with Crippen molar-refractivity contribution in [1.29, 1.82) is 0 Å². The van der Waals surface area contributed by atoms with E-state index in [1.165, 1.54) is 23.5 Å². The Labute approximate surface area is 187 Å². The van der Waals surface area contributed by atoms with Crippen LogP contribution in [0.2, 0.25) is 0 Å². The molecule has 0 saturated heterocycles. The smallest absolute Gasteiger partial charge is 0.274 e. The van der Waals surface area contributed by atoms with Crippen molar-refractivity contribution < 1.29 is 19.0 Å². The van der Waals surface area contributed by atoms with E-state index in [1.54, 1.807) is 34.9 Å². The number of pyridine rings is 1. The predicted molar refractivity (Wildman–Crippen MR) is 118 cm³/mol. The zero-order valence-electron chi connectivity index (χ0n) is 17.9. The van der Waals surface area contributed by atoms with Crippen LogP contribution in [-0.2, 0) is 11.2 Å². The number of aromatic nitrogens is 3. The van der Waals surface area contributed by atoms with Gasteiger partial charge >= 0.3 is 0 Å². The zero-order valence-corrected chi connectivity index (χ0v) is 18.7. The molecule has 3 heterocycles. The van der Waals surface area contributed by atoms with Crippen molar-refractivity contribution in [2.75, 3.05) is 20.3 Å². The lowest BCUT2D eigenvalue weighted by atomic mass is 10.0. The van der Waals surface area contributed by atoms with E-state index in [2.05, 4.69) is 10.2 Å². The van der Waals surface area contributed by atoms with Gasteiger partial charge in [0.2, 0.25) is 5.43 Å². The summed E-state index contributed by atoms with van der Waals surface area (Å²) in [5.74, 6) is -1.32. The molecule has 0 fully saturated rings. The summed E-state index contributed by atoms with van der Waals surface area (Å²) in [6.45, 7) is 4.50. The Hall–Kier alpha value is -3.11. The van der Waals surface area contributed by atoms with Crippen LogP contribution in [0.1, 0.15) is 40.9 Å². The van der Waals surface area contributed by atoms with Gasteiger partial charge in [-0.3, -0.25) is 9.59 Å². The van der Waals surface area contributed by atoms with Crippen LogP contribution in [0.5, 0.6) is 5.75 Å². The van der Waals surface area contributed by atoms with Crippen molar-refractivity contribution in [2.24, 2.45) is 0 Å². The van der Waals surface area contributed by atoms with Crippen molar-refractivity contribution in [1.82, 2.24) is 19.7 Å². The van der Waals surface area contributed by atoms with Gasteiger partial charge in [-0.2, -0.15) is 0 Å². The van der Waals surface area contributed by atoms with Crippen LogP contribution in [0.3, 0.4) is 0 Å². The highest BCUT2D eigenvalue weighted by atomic mass is 32.1. The summed E-state index contributed by atoms with van der Waals surface area (Å²) in [5, 5.41) is 20.0. The van der Waals surface area contributed by atoms with Crippen LogP contribution in [0.4, 0.5) is 4.39 Å². The van der Waals surface area contributed by atoms with Crippen LogP contribution in [0.15, 0.2) is 35.3 Å². The number of ether oxygens (including phenoxy) is 1. The zero-order chi connectivity index (χ0) is 23.0. The summed E-state index contributed by atoms with van der Waals surface area (Å²) in [4.78, 5) is 27.6. The number of carbonyl (C=O) groups is 1. The first-order chi connectivity index (χ1) is 15.3. The number of hydrogen-bond donors (Lipinski definition) is 1. The molecule has 0 bridgehead atoms. The minimum Gasteiger partial charge on any atom is -0.503 e. The molecule has 1 N–H and O–H groups in total. The normalized spacial score (nSPS) is 18.1. The van der Waals surface area contributed by atoms with Gasteiger partial charge in [0.25, 0.3) is 5.91 Å². The quantitative estimate of drug-likeness (QED) is 0.610. The topological polar surface area (TPSA) is 97.5 Å². The molecule has 32 heavy (non-hydrogen) atoms.